The summed E-state index contributed by atoms with van der Waals surface area (Å²) in [6.07, 6.45) is 4.15. The molecular formula is C19H27N2O4+. The molecule has 1 unspecified atom stereocenters. The van der Waals surface area contributed by atoms with Crippen molar-refractivity contribution in [3.05, 3.63) is 24.3 Å². The van der Waals surface area contributed by atoms with Crippen molar-refractivity contribution in [2.45, 2.75) is 51.1 Å². The van der Waals surface area contributed by atoms with Crippen LogP contribution in [0.15, 0.2) is 24.3 Å². The van der Waals surface area contributed by atoms with Gasteiger partial charge in [0.1, 0.15) is 5.75 Å². The highest BCUT2D eigenvalue weighted by molar-refractivity contribution is 6.21. The molecule has 0 aliphatic carbocycles. The van der Waals surface area contributed by atoms with Gasteiger partial charge in [-0.15, -0.1) is 0 Å². The molecule has 3 atom stereocenters. The van der Waals surface area contributed by atoms with Crippen LogP contribution in [0.1, 0.15) is 39.0 Å². The van der Waals surface area contributed by atoms with Crippen LogP contribution >= 0.6 is 0 Å². The standard InChI is InChI=1S/C19H26N2O4/c1-2-25-16-8-6-15(7-9-16)21-18(23)13-17(19(21)24)20-11-4-3-5-14(20)10-12-22/h6-9,14,17,22H,2-5,10-13H2,1H3/p+1/t14-,17-/m1/s1. The number of likely N-dealkylation sites (tertiary alicyclic amines) is 1. The fraction of sp³-hybridized carbons (Fsp3) is 0.579. The first-order valence-electron chi connectivity index (χ1n) is 9.21. The molecule has 2 fully saturated rings. The first-order valence-corrected chi connectivity index (χ1v) is 9.21. The Morgan fingerprint density at radius 3 is 2.68 bits per heavy atom. The Hall–Kier alpha value is -1.92. The first-order chi connectivity index (χ1) is 12.2. The van der Waals surface area contributed by atoms with E-state index in [4.69, 9.17) is 4.74 Å². The number of imide groups is 1. The summed E-state index contributed by atoms with van der Waals surface area (Å²) in [5.41, 5.74) is 0.607. The predicted octanol–water partition coefficient (Wildman–Crippen LogP) is 0.537. The number of hydrogen-bond acceptors (Lipinski definition) is 4. The molecule has 0 spiro atoms. The summed E-state index contributed by atoms with van der Waals surface area (Å²) >= 11 is 0. The summed E-state index contributed by atoms with van der Waals surface area (Å²) in [6.45, 7) is 3.51. The van der Waals surface area contributed by atoms with Crippen LogP contribution in [0.5, 0.6) is 5.75 Å². The van der Waals surface area contributed by atoms with Crippen LogP contribution in [0, 0.1) is 0 Å². The number of piperidine rings is 1. The molecule has 0 saturated carbocycles. The molecule has 2 amide bonds. The van der Waals surface area contributed by atoms with Crippen LogP contribution in [-0.2, 0) is 9.59 Å². The van der Waals surface area contributed by atoms with Gasteiger partial charge < -0.3 is 14.7 Å². The normalized spacial score (nSPS) is 27.0. The van der Waals surface area contributed by atoms with Crippen LogP contribution in [0.25, 0.3) is 0 Å². The van der Waals surface area contributed by atoms with Gasteiger partial charge in [0, 0.05) is 13.0 Å². The number of amides is 2. The minimum Gasteiger partial charge on any atom is -0.494 e. The summed E-state index contributed by atoms with van der Waals surface area (Å²) in [5, 5.41) is 9.31. The van der Waals surface area contributed by atoms with Crippen LogP contribution < -0.4 is 14.5 Å². The summed E-state index contributed by atoms with van der Waals surface area (Å²) in [5.74, 6) is 0.473. The second kappa shape index (κ2) is 7.97. The molecule has 2 saturated heterocycles. The van der Waals surface area contributed by atoms with Gasteiger partial charge in [-0.25, -0.2) is 4.90 Å². The lowest BCUT2D eigenvalue weighted by atomic mass is 9.97. The second-order valence-corrected chi connectivity index (χ2v) is 6.78. The SMILES string of the molecule is CCOc1ccc(N2C(=O)C[C@@H]([NH+]3CCCC[C@@H]3CCO)C2=O)cc1. The number of aliphatic hydroxyl groups is 1. The van der Waals surface area contributed by atoms with Gasteiger partial charge in [0.25, 0.3) is 5.91 Å². The fourth-order valence-corrected chi connectivity index (χ4v) is 4.10. The largest absolute Gasteiger partial charge is 0.494 e. The Kier molecular flexibility index (Phi) is 5.71. The Balaban J connectivity index is 1.77. The Morgan fingerprint density at radius 2 is 2.00 bits per heavy atom. The van der Waals surface area contributed by atoms with E-state index >= 15 is 0 Å². The molecule has 0 bridgehead atoms. The molecule has 2 aliphatic rings. The molecule has 2 aliphatic heterocycles. The second-order valence-electron chi connectivity index (χ2n) is 6.78. The highest BCUT2D eigenvalue weighted by Gasteiger charge is 2.48. The first kappa shape index (κ1) is 17.9. The molecular weight excluding hydrogens is 320 g/mol. The molecule has 0 aromatic heterocycles. The van der Waals surface area contributed by atoms with Gasteiger partial charge in [-0.3, -0.25) is 9.59 Å². The average molecular weight is 347 g/mol. The zero-order valence-corrected chi connectivity index (χ0v) is 14.7. The lowest BCUT2D eigenvalue weighted by molar-refractivity contribution is -0.945. The van der Waals surface area contributed by atoms with Crippen molar-refractivity contribution >= 4 is 17.5 Å². The number of anilines is 1. The molecule has 2 N–H and O–H groups in total. The van der Waals surface area contributed by atoms with Crippen LogP contribution in [0.2, 0.25) is 0 Å². The monoisotopic (exact) mass is 347 g/mol. The smallest absolute Gasteiger partial charge is 0.292 e. The molecule has 1 aromatic carbocycles. The van der Waals surface area contributed by atoms with E-state index in [0.29, 0.717) is 18.7 Å². The maximum Gasteiger partial charge on any atom is 0.292 e. The molecule has 3 rings (SSSR count). The van der Waals surface area contributed by atoms with E-state index in [0.717, 1.165) is 31.6 Å². The topological polar surface area (TPSA) is 71.3 Å². The number of quaternary nitrogens is 1. The number of carbonyl (C=O) groups excluding carboxylic acids is 2. The van der Waals surface area contributed by atoms with Gasteiger partial charge in [0.05, 0.1) is 31.3 Å². The van der Waals surface area contributed by atoms with E-state index in [2.05, 4.69) is 0 Å². The number of hydrogen-bond donors (Lipinski definition) is 2. The number of nitrogens with zero attached hydrogens (tertiary/aromatic N) is 1. The Bertz CT molecular complexity index is 614. The van der Waals surface area contributed by atoms with Gasteiger partial charge in [0.2, 0.25) is 5.91 Å². The van der Waals surface area contributed by atoms with E-state index in [-0.39, 0.29) is 36.9 Å². The summed E-state index contributed by atoms with van der Waals surface area (Å²) in [6, 6.07) is 7.04. The third kappa shape index (κ3) is 3.70. The molecule has 6 nitrogen and oxygen atoms in total. The van der Waals surface area contributed by atoms with Crippen molar-refractivity contribution in [2.24, 2.45) is 0 Å². The molecule has 25 heavy (non-hydrogen) atoms. The van der Waals surface area contributed by atoms with E-state index in [1.165, 1.54) is 9.80 Å². The number of ether oxygens (including phenoxy) is 1. The van der Waals surface area contributed by atoms with Crippen molar-refractivity contribution in [2.75, 3.05) is 24.7 Å². The molecule has 1 aromatic rings. The van der Waals surface area contributed by atoms with Crippen LogP contribution in [0.4, 0.5) is 5.69 Å². The predicted molar refractivity (Wildman–Crippen MR) is 93.7 cm³/mol. The maximum absolute atomic E-state index is 13.0. The Labute approximate surface area is 148 Å². The van der Waals surface area contributed by atoms with E-state index in [1.54, 1.807) is 24.3 Å². The lowest BCUT2D eigenvalue weighted by Gasteiger charge is -2.35. The van der Waals surface area contributed by atoms with Gasteiger partial charge in [-0.2, -0.15) is 0 Å². The van der Waals surface area contributed by atoms with Crippen molar-refractivity contribution in [1.29, 1.82) is 0 Å². The summed E-state index contributed by atoms with van der Waals surface area (Å²) in [7, 11) is 0. The molecule has 0 radical (unpaired) electrons. The number of benzene rings is 1. The van der Waals surface area contributed by atoms with Crippen molar-refractivity contribution in [3.63, 3.8) is 0 Å². The van der Waals surface area contributed by atoms with E-state index in [1.807, 2.05) is 6.92 Å². The highest BCUT2D eigenvalue weighted by atomic mass is 16.5. The quantitative estimate of drug-likeness (QED) is 0.737. The Morgan fingerprint density at radius 1 is 1.24 bits per heavy atom. The number of aliphatic hydroxyl groups excluding tert-OH is 1. The van der Waals surface area contributed by atoms with Crippen molar-refractivity contribution in [1.82, 2.24) is 0 Å². The fourth-order valence-electron chi connectivity index (χ4n) is 4.10. The van der Waals surface area contributed by atoms with Gasteiger partial charge >= 0.3 is 0 Å². The number of carbonyl (C=O) groups is 2. The average Bonchev–Trinajstić information content (AvgIpc) is 2.91. The van der Waals surface area contributed by atoms with Gasteiger partial charge in [-0.1, -0.05) is 0 Å². The molecule has 136 valence electrons. The van der Waals surface area contributed by atoms with Gasteiger partial charge in [-0.05, 0) is 50.5 Å². The minimum atomic E-state index is -0.323. The minimum absolute atomic E-state index is 0.117. The van der Waals surface area contributed by atoms with Gasteiger partial charge in [0.15, 0.2) is 6.04 Å². The lowest BCUT2D eigenvalue weighted by Crippen LogP contribution is -3.20. The number of rotatable bonds is 6. The highest BCUT2D eigenvalue weighted by Crippen LogP contribution is 2.25. The zero-order chi connectivity index (χ0) is 17.8. The van der Waals surface area contributed by atoms with Crippen molar-refractivity contribution < 1.29 is 24.3 Å². The summed E-state index contributed by atoms with van der Waals surface area (Å²) < 4.78 is 5.42. The number of nitrogens with one attached hydrogen (secondary N) is 1. The van der Waals surface area contributed by atoms with Crippen molar-refractivity contribution in [3.8, 4) is 5.75 Å². The zero-order valence-electron chi connectivity index (χ0n) is 14.7. The molecule has 6 heteroatoms. The van der Waals surface area contributed by atoms with Crippen LogP contribution in [-0.4, -0.2) is 48.8 Å². The molecule has 2 heterocycles. The van der Waals surface area contributed by atoms with E-state index < -0.39 is 0 Å². The maximum atomic E-state index is 13.0. The third-order valence-electron chi connectivity index (χ3n) is 5.27. The van der Waals surface area contributed by atoms with E-state index in [9.17, 15) is 14.7 Å². The third-order valence-corrected chi connectivity index (χ3v) is 5.27. The summed E-state index contributed by atoms with van der Waals surface area (Å²) in [4.78, 5) is 28.0. The van der Waals surface area contributed by atoms with Crippen LogP contribution in [0.3, 0.4) is 0 Å².